The molecule has 0 amide bonds. The van der Waals surface area contributed by atoms with Crippen LogP contribution in [-0.4, -0.2) is 35.0 Å². The van der Waals surface area contributed by atoms with Gasteiger partial charge in [-0.25, -0.2) is 0 Å². The first-order valence-corrected chi connectivity index (χ1v) is 9.33. The molecule has 0 aliphatic heterocycles. The van der Waals surface area contributed by atoms with E-state index in [4.69, 9.17) is 4.74 Å². The third-order valence-electron chi connectivity index (χ3n) is 7.47. The Morgan fingerprint density at radius 1 is 1.48 bits per heavy atom. The fourth-order valence-corrected chi connectivity index (χ4v) is 5.45. The molecule has 2 rings (SSSR count). The molecule has 4 nitrogen and oxygen atoms in total. The zero-order valence-electron chi connectivity index (χ0n) is 16.2. The van der Waals surface area contributed by atoms with Gasteiger partial charge >= 0.3 is 5.97 Å². The Bertz CT molecular complexity index is 556. The predicted octanol–water partition coefficient (Wildman–Crippen LogP) is 4.19. The minimum Gasteiger partial charge on any atom is -0.481 e. The van der Waals surface area contributed by atoms with Gasteiger partial charge in [-0.15, -0.1) is 6.58 Å². The molecule has 0 radical (unpaired) electrons. The molecule has 2 saturated carbocycles. The quantitative estimate of drug-likeness (QED) is 0.705. The zero-order valence-corrected chi connectivity index (χ0v) is 16.2. The van der Waals surface area contributed by atoms with Gasteiger partial charge in [0, 0.05) is 7.11 Å². The molecule has 0 aromatic rings. The normalized spacial score (nSPS) is 39.2. The number of carbonyl (C=O) groups is 1. The van der Waals surface area contributed by atoms with Gasteiger partial charge in [-0.2, -0.15) is 0 Å². The highest BCUT2D eigenvalue weighted by Gasteiger charge is 2.58. The van der Waals surface area contributed by atoms with Crippen LogP contribution in [0.5, 0.6) is 0 Å². The van der Waals surface area contributed by atoms with Gasteiger partial charge in [-0.05, 0) is 63.2 Å². The molecule has 0 heterocycles. The maximum atomic E-state index is 12.0. The number of carboxylic acid groups (broad SMARTS) is 1. The number of aliphatic hydroxyl groups excluding tert-OH is 1. The van der Waals surface area contributed by atoms with Gasteiger partial charge in [0.1, 0.15) is 5.60 Å². The number of aliphatic hydroxyl groups is 1. The summed E-state index contributed by atoms with van der Waals surface area (Å²) in [7, 11) is 1.58. The molecule has 0 spiro atoms. The predicted molar refractivity (Wildman–Crippen MR) is 99.3 cm³/mol. The van der Waals surface area contributed by atoms with Crippen LogP contribution >= 0.6 is 0 Å². The van der Waals surface area contributed by atoms with Crippen molar-refractivity contribution in [3.8, 4) is 0 Å². The van der Waals surface area contributed by atoms with Crippen molar-refractivity contribution in [3.63, 3.8) is 0 Å². The van der Waals surface area contributed by atoms with E-state index in [-0.39, 0.29) is 17.3 Å². The van der Waals surface area contributed by atoms with Gasteiger partial charge in [0.05, 0.1) is 11.5 Å². The molecule has 6 atom stereocenters. The van der Waals surface area contributed by atoms with Crippen LogP contribution in [0, 0.1) is 22.7 Å². The van der Waals surface area contributed by atoms with Gasteiger partial charge in [0.15, 0.2) is 0 Å². The van der Waals surface area contributed by atoms with Crippen molar-refractivity contribution in [2.75, 3.05) is 7.11 Å². The van der Waals surface area contributed by atoms with E-state index in [1.54, 1.807) is 13.2 Å². The molecule has 0 bridgehead atoms. The van der Waals surface area contributed by atoms with Crippen molar-refractivity contribution in [1.29, 1.82) is 0 Å². The Labute approximate surface area is 152 Å². The number of carboxylic acids is 1. The molecule has 1 unspecified atom stereocenters. The highest BCUT2D eigenvalue weighted by Crippen LogP contribution is 2.62. The standard InChI is InChI=1S/C21H34O4/c1-7-21(5,25-6)17(22)13-15-14(2)9-10-16-19(15,3)11-8-12-20(16,4)18(23)24/h7,15-17,22H,1-2,8-13H2,3-6H3,(H,23,24)/t15-,16?,17+,19+,20-,21-/m0/s1. The fourth-order valence-electron chi connectivity index (χ4n) is 5.45. The monoisotopic (exact) mass is 350 g/mol. The molecule has 2 fully saturated rings. The highest BCUT2D eigenvalue weighted by molar-refractivity contribution is 5.75. The number of ether oxygens (including phenoxy) is 1. The lowest BCUT2D eigenvalue weighted by Crippen LogP contribution is -2.54. The summed E-state index contributed by atoms with van der Waals surface area (Å²) in [6.45, 7) is 14.0. The molecule has 0 aromatic heterocycles. The Hall–Kier alpha value is -1.13. The molecule has 4 heteroatoms. The van der Waals surface area contributed by atoms with E-state index in [0.29, 0.717) is 6.42 Å². The zero-order chi connectivity index (χ0) is 19.0. The van der Waals surface area contributed by atoms with E-state index in [0.717, 1.165) is 37.7 Å². The summed E-state index contributed by atoms with van der Waals surface area (Å²) in [5, 5.41) is 20.7. The Kier molecular flexibility index (Phi) is 5.56. The second-order valence-electron chi connectivity index (χ2n) is 8.73. The van der Waals surface area contributed by atoms with Gasteiger partial charge in [0.25, 0.3) is 0 Å². The van der Waals surface area contributed by atoms with E-state index in [1.807, 2.05) is 13.8 Å². The lowest BCUT2D eigenvalue weighted by atomic mass is 9.46. The van der Waals surface area contributed by atoms with Crippen molar-refractivity contribution in [1.82, 2.24) is 0 Å². The third-order valence-corrected chi connectivity index (χ3v) is 7.47. The molecule has 2 aliphatic carbocycles. The van der Waals surface area contributed by atoms with Crippen molar-refractivity contribution in [2.45, 2.75) is 71.0 Å². The molecular formula is C21H34O4. The van der Waals surface area contributed by atoms with Gasteiger partial charge in [-0.3, -0.25) is 4.79 Å². The molecule has 2 N–H and O–H groups in total. The fraction of sp³-hybridized carbons (Fsp3) is 0.762. The lowest BCUT2D eigenvalue weighted by molar-refractivity contribution is -0.165. The number of rotatable bonds is 6. The number of aliphatic carboxylic acids is 1. The summed E-state index contributed by atoms with van der Waals surface area (Å²) >= 11 is 0. The van der Waals surface area contributed by atoms with Gasteiger partial charge < -0.3 is 14.9 Å². The minimum atomic E-state index is -0.811. The third kappa shape index (κ3) is 3.19. The summed E-state index contributed by atoms with van der Waals surface area (Å²) in [4.78, 5) is 12.0. The topological polar surface area (TPSA) is 66.8 Å². The number of allylic oxidation sites excluding steroid dienone is 1. The van der Waals surface area contributed by atoms with Crippen molar-refractivity contribution in [2.24, 2.45) is 22.7 Å². The smallest absolute Gasteiger partial charge is 0.309 e. The largest absolute Gasteiger partial charge is 0.481 e. The van der Waals surface area contributed by atoms with Gasteiger partial charge in [-0.1, -0.05) is 31.6 Å². The second-order valence-corrected chi connectivity index (χ2v) is 8.73. The van der Waals surface area contributed by atoms with E-state index in [9.17, 15) is 15.0 Å². The minimum absolute atomic E-state index is 0.0923. The van der Waals surface area contributed by atoms with Crippen LogP contribution in [0.1, 0.15) is 59.3 Å². The first-order chi connectivity index (χ1) is 11.5. The van der Waals surface area contributed by atoms with E-state index >= 15 is 0 Å². The first kappa shape index (κ1) is 20.2. The summed E-state index contributed by atoms with van der Waals surface area (Å²) in [5.41, 5.74) is -0.527. The average molecular weight is 350 g/mol. The maximum absolute atomic E-state index is 12.0. The van der Waals surface area contributed by atoms with Crippen molar-refractivity contribution in [3.05, 3.63) is 24.8 Å². The average Bonchev–Trinajstić information content (AvgIpc) is 2.56. The van der Waals surface area contributed by atoms with Crippen LogP contribution in [-0.2, 0) is 9.53 Å². The molecule has 2 aliphatic rings. The molecule has 142 valence electrons. The van der Waals surface area contributed by atoms with Gasteiger partial charge in [0.2, 0.25) is 0 Å². The van der Waals surface area contributed by atoms with Crippen LogP contribution in [0.25, 0.3) is 0 Å². The summed E-state index contributed by atoms with van der Waals surface area (Å²) in [6, 6.07) is 0. The van der Waals surface area contributed by atoms with Crippen LogP contribution in [0.4, 0.5) is 0 Å². The highest BCUT2D eigenvalue weighted by atomic mass is 16.5. The molecule has 25 heavy (non-hydrogen) atoms. The first-order valence-electron chi connectivity index (χ1n) is 9.33. The van der Waals surface area contributed by atoms with Crippen LogP contribution in [0.3, 0.4) is 0 Å². The maximum Gasteiger partial charge on any atom is 0.309 e. The van der Waals surface area contributed by atoms with E-state index < -0.39 is 23.1 Å². The number of methoxy groups -OCH3 is 1. The SMILES string of the molecule is C=C[C@](C)(OC)[C@H](O)C[C@H]1C(=C)CCC2[C@]1(C)CCC[C@]2(C)C(=O)O. The number of hydrogen-bond acceptors (Lipinski definition) is 3. The van der Waals surface area contributed by atoms with Crippen molar-refractivity contribution >= 4 is 5.97 Å². The lowest BCUT2D eigenvalue weighted by Gasteiger charge is -2.57. The molecule has 0 saturated heterocycles. The van der Waals surface area contributed by atoms with Crippen LogP contribution < -0.4 is 0 Å². The summed E-state index contributed by atoms with van der Waals surface area (Å²) in [6.07, 6.45) is 5.78. The Morgan fingerprint density at radius 2 is 2.12 bits per heavy atom. The molecular weight excluding hydrogens is 316 g/mol. The van der Waals surface area contributed by atoms with Crippen LogP contribution in [0.2, 0.25) is 0 Å². The van der Waals surface area contributed by atoms with E-state index in [2.05, 4.69) is 20.1 Å². The Morgan fingerprint density at radius 3 is 2.64 bits per heavy atom. The number of fused-ring (bicyclic) bond motifs is 1. The van der Waals surface area contributed by atoms with Crippen molar-refractivity contribution < 1.29 is 19.7 Å². The second kappa shape index (κ2) is 6.88. The van der Waals surface area contributed by atoms with Crippen LogP contribution in [0.15, 0.2) is 24.8 Å². The summed E-state index contributed by atoms with van der Waals surface area (Å²) < 4.78 is 5.48. The summed E-state index contributed by atoms with van der Waals surface area (Å²) in [5.74, 6) is -0.496. The molecule has 0 aromatic carbocycles. The number of hydrogen-bond donors (Lipinski definition) is 2. The van der Waals surface area contributed by atoms with E-state index in [1.165, 1.54) is 0 Å². The Balaban J connectivity index is 2.35.